The fraction of sp³-hybridized carbons (Fsp3) is 0.500. The van der Waals surface area contributed by atoms with Gasteiger partial charge in [-0.3, -0.25) is 0 Å². The summed E-state index contributed by atoms with van der Waals surface area (Å²) in [6.45, 7) is 2.35. The molecule has 1 aromatic rings. The second-order valence-electron chi connectivity index (χ2n) is 4.50. The van der Waals surface area contributed by atoms with Crippen molar-refractivity contribution in [2.75, 3.05) is 6.79 Å². The summed E-state index contributed by atoms with van der Waals surface area (Å²) in [6, 6.07) is 4.15. The lowest BCUT2D eigenvalue weighted by atomic mass is 9.72. The maximum absolute atomic E-state index is 6.31. The molecule has 0 aromatic heterocycles. The van der Waals surface area contributed by atoms with Crippen molar-refractivity contribution in [1.29, 1.82) is 0 Å². The summed E-state index contributed by atoms with van der Waals surface area (Å²) in [7, 11) is 0. The van der Waals surface area contributed by atoms with E-state index in [-0.39, 0.29) is 5.54 Å². The third-order valence-corrected chi connectivity index (χ3v) is 3.50. The lowest BCUT2D eigenvalue weighted by molar-refractivity contribution is 0.168. The van der Waals surface area contributed by atoms with Crippen LogP contribution in [0.5, 0.6) is 11.5 Å². The summed E-state index contributed by atoms with van der Waals surface area (Å²) in [6.07, 6.45) is 3.30. The molecule has 0 saturated heterocycles. The Morgan fingerprint density at radius 1 is 1.20 bits per heavy atom. The topological polar surface area (TPSA) is 44.5 Å². The third-order valence-electron chi connectivity index (χ3n) is 3.50. The van der Waals surface area contributed by atoms with Crippen LogP contribution in [0.4, 0.5) is 0 Å². The largest absolute Gasteiger partial charge is 0.453 e. The number of fused-ring (bicyclic) bond motifs is 1. The van der Waals surface area contributed by atoms with E-state index in [0.29, 0.717) is 6.79 Å². The first kappa shape index (κ1) is 9.04. The summed E-state index contributed by atoms with van der Waals surface area (Å²) in [5.41, 5.74) is 8.37. The van der Waals surface area contributed by atoms with Crippen LogP contribution < -0.4 is 15.2 Å². The number of ether oxygens (including phenoxy) is 2. The van der Waals surface area contributed by atoms with Crippen molar-refractivity contribution in [2.45, 2.75) is 31.7 Å². The quantitative estimate of drug-likeness (QED) is 0.763. The maximum Gasteiger partial charge on any atom is 0.231 e. The smallest absolute Gasteiger partial charge is 0.231 e. The zero-order valence-corrected chi connectivity index (χ0v) is 8.88. The lowest BCUT2D eigenvalue weighted by Crippen LogP contribution is -2.43. The van der Waals surface area contributed by atoms with Gasteiger partial charge in [-0.15, -0.1) is 0 Å². The van der Waals surface area contributed by atoms with E-state index in [1.54, 1.807) is 0 Å². The van der Waals surface area contributed by atoms with Crippen molar-refractivity contribution in [3.63, 3.8) is 0 Å². The number of nitrogens with two attached hydrogens (primary N) is 1. The van der Waals surface area contributed by atoms with Gasteiger partial charge in [0.2, 0.25) is 6.79 Å². The average molecular weight is 205 g/mol. The second kappa shape index (κ2) is 2.89. The molecular weight excluding hydrogens is 190 g/mol. The van der Waals surface area contributed by atoms with Crippen LogP contribution in [0.2, 0.25) is 0 Å². The fourth-order valence-corrected chi connectivity index (χ4v) is 2.35. The number of hydrogen-bond acceptors (Lipinski definition) is 3. The summed E-state index contributed by atoms with van der Waals surface area (Å²) in [5.74, 6) is 1.75. The molecule has 80 valence electrons. The number of aryl methyl sites for hydroxylation is 1. The minimum atomic E-state index is -0.175. The van der Waals surface area contributed by atoms with E-state index in [2.05, 4.69) is 12.1 Å². The van der Waals surface area contributed by atoms with E-state index in [9.17, 15) is 0 Å². The van der Waals surface area contributed by atoms with E-state index in [4.69, 9.17) is 15.2 Å². The normalized spacial score (nSPS) is 21.2. The molecule has 3 nitrogen and oxygen atoms in total. The van der Waals surface area contributed by atoms with Gasteiger partial charge in [0.1, 0.15) is 0 Å². The van der Waals surface area contributed by atoms with Crippen LogP contribution in [0.3, 0.4) is 0 Å². The van der Waals surface area contributed by atoms with Crippen LogP contribution in [0.1, 0.15) is 30.4 Å². The Morgan fingerprint density at radius 3 is 2.60 bits per heavy atom. The summed E-state index contributed by atoms with van der Waals surface area (Å²) in [5, 5.41) is 0. The van der Waals surface area contributed by atoms with Gasteiger partial charge >= 0.3 is 0 Å². The van der Waals surface area contributed by atoms with E-state index < -0.39 is 0 Å². The Morgan fingerprint density at radius 2 is 1.93 bits per heavy atom. The van der Waals surface area contributed by atoms with Crippen LogP contribution in [-0.2, 0) is 5.54 Å². The van der Waals surface area contributed by atoms with Gasteiger partial charge in [-0.05, 0) is 31.7 Å². The molecule has 0 radical (unpaired) electrons. The van der Waals surface area contributed by atoms with Crippen molar-refractivity contribution < 1.29 is 9.47 Å². The average Bonchev–Trinajstić information content (AvgIpc) is 2.64. The second-order valence-corrected chi connectivity index (χ2v) is 4.50. The lowest BCUT2D eigenvalue weighted by Gasteiger charge is -2.39. The number of rotatable bonds is 1. The Kier molecular flexibility index (Phi) is 1.74. The zero-order chi connectivity index (χ0) is 10.5. The van der Waals surface area contributed by atoms with Crippen LogP contribution in [0.25, 0.3) is 0 Å². The van der Waals surface area contributed by atoms with Crippen LogP contribution in [-0.4, -0.2) is 6.79 Å². The summed E-state index contributed by atoms with van der Waals surface area (Å²) < 4.78 is 11.0. The molecule has 3 rings (SSSR count). The van der Waals surface area contributed by atoms with Crippen LogP contribution >= 0.6 is 0 Å². The Balaban J connectivity index is 2.13. The molecule has 2 N–H and O–H groups in total. The van der Waals surface area contributed by atoms with Crippen molar-refractivity contribution in [3.05, 3.63) is 23.3 Å². The van der Waals surface area contributed by atoms with Gasteiger partial charge in [-0.25, -0.2) is 0 Å². The molecule has 1 aliphatic heterocycles. The monoisotopic (exact) mass is 205 g/mol. The van der Waals surface area contributed by atoms with Gasteiger partial charge in [0.25, 0.3) is 0 Å². The highest BCUT2D eigenvalue weighted by Gasteiger charge is 2.39. The van der Waals surface area contributed by atoms with Gasteiger partial charge < -0.3 is 15.2 Å². The minimum absolute atomic E-state index is 0.175. The molecule has 1 aliphatic carbocycles. The Bertz CT molecular complexity index is 410. The predicted molar refractivity (Wildman–Crippen MR) is 57.0 cm³/mol. The van der Waals surface area contributed by atoms with Crippen molar-refractivity contribution in [3.8, 4) is 11.5 Å². The van der Waals surface area contributed by atoms with Crippen molar-refractivity contribution in [2.24, 2.45) is 5.73 Å². The third kappa shape index (κ3) is 1.16. The Labute approximate surface area is 89.2 Å². The van der Waals surface area contributed by atoms with Crippen molar-refractivity contribution in [1.82, 2.24) is 0 Å². The standard InChI is InChI=1S/C12H15NO2/c1-8-3-4-9(12(13)5-2-6-12)11-10(8)14-7-15-11/h3-4H,2,5-7,13H2,1H3. The van der Waals surface area contributed by atoms with E-state index in [0.717, 1.165) is 35.5 Å². The van der Waals surface area contributed by atoms with Crippen LogP contribution in [0, 0.1) is 6.92 Å². The predicted octanol–water partition coefficient (Wildman–Crippen LogP) is 2.06. The molecule has 2 aliphatic rings. The van der Waals surface area contributed by atoms with Gasteiger partial charge in [-0.2, -0.15) is 0 Å². The van der Waals surface area contributed by atoms with Gasteiger partial charge in [0.15, 0.2) is 11.5 Å². The molecule has 3 heteroatoms. The van der Waals surface area contributed by atoms with Gasteiger partial charge in [0, 0.05) is 11.1 Å². The zero-order valence-electron chi connectivity index (χ0n) is 8.88. The molecule has 0 atom stereocenters. The maximum atomic E-state index is 6.31. The highest BCUT2D eigenvalue weighted by molar-refractivity contribution is 5.55. The Hall–Kier alpha value is -1.22. The molecule has 0 spiro atoms. The number of benzene rings is 1. The highest BCUT2D eigenvalue weighted by Crippen LogP contribution is 2.48. The van der Waals surface area contributed by atoms with E-state index >= 15 is 0 Å². The first-order valence-electron chi connectivity index (χ1n) is 5.39. The highest BCUT2D eigenvalue weighted by atomic mass is 16.7. The summed E-state index contributed by atoms with van der Waals surface area (Å²) >= 11 is 0. The molecule has 1 heterocycles. The molecular formula is C12H15NO2. The first-order chi connectivity index (χ1) is 7.21. The fourth-order valence-electron chi connectivity index (χ4n) is 2.35. The molecule has 0 unspecified atom stereocenters. The van der Waals surface area contributed by atoms with E-state index in [1.165, 1.54) is 6.42 Å². The first-order valence-corrected chi connectivity index (χ1v) is 5.39. The molecule has 1 fully saturated rings. The van der Waals surface area contributed by atoms with Crippen LogP contribution in [0.15, 0.2) is 12.1 Å². The van der Waals surface area contributed by atoms with Gasteiger partial charge in [-0.1, -0.05) is 12.1 Å². The minimum Gasteiger partial charge on any atom is -0.453 e. The van der Waals surface area contributed by atoms with Crippen molar-refractivity contribution >= 4 is 0 Å². The van der Waals surface area contributed by atoms with Gasteiger partial charge in [0.05, 0.1) is 0 Å². The van der Waals surface area contributed by atoms with E-state index in [1.807, 2.05) is 6.92 Å². The SMILES string of the molecule is Cc1ccc(C2(N)CCC2)c2c1OCO2. The number of hydrogen-bond donors (Lipinski definition) is 1. The molecule has 0 amide bonds. The molecule has 15 heavy (non-hydrogen) atoms. The summed E-state index contributed by atoms with van der Waals surface area (Å²) in [4.78, 5) is 0. The molecule has 1 saturated carbocycles. The molecule has 1 aromatic carbocycles. The molecule has 0 bridgehead atoms.